The lowest BCUT2D eigenvalue weighted by Crippen LogP contribution is -2.15. The van der Waals surface area contributed by atoms with E-state index < -0.39 is 0 Å². The van der Waals surface area contributed by atoms with E-state index in [1.54, 1.807) is 0 Å². The highest BCUT2D eigenvalue weighted by molar-refractivity contribution is 6.22. The van der Waals surface area contributed by atoms with Crippen LogP contribution in [0.3, 0.4) is 0 Å². The molecule has 0 atom stereocenters. The van der Waals surface area contributed by atoms with Crippen LogP contribution >= 0.6 is 0 Å². The first-order valence-corrected chi connectivity index (χ1v) is 18.8. The van der Waals surface area contributed by atoms with Gasteiger partial charge in [-0.2, -0.15) is 0 Å². The average Bonchev–Trinajstić information content (AvgIpc) is 3.93. The summed E-state index contributed by atoms with van der Waals surface area (Å²) >= 11 is 0. The third-order valence-corrected chi connectivity index (χ3v) is 12.1. The van der Waals surface area contributed by atoms with Gasteiger partial charge in [0.2, 0.25) is 0 Å². The number of nitrogens with zero attached hydrogens (tertiary/aromatic N) is 2. The van der Waals surface area contributed by atoms with E-state index >= 15 is 0 Å². The van der Waals surface area contributed by atoms with Gasteiger partial charge in [-0.3, -0.25) is 0 Å². The van der Waals surface area contributed by atoms with Gasteiger partial charge in [-0.1, -0.05) is 117 Å². The molecule has 0 radical (unpaired) electrons. The zero-order valence-electron chi connectivity index (χ0n) is 30.0. The van der Waals surface area contributed by atoms with Crippen LogP contribution in [0.4, 0.5) is 0 Å². The fraction of sp³-hybridized carbons (Fsp3) is 0.0588. The van der Waals surface area contributed by atoms with Crippen LogP contribution in [0.15, 0.2) is 174 Å². The van der Waals surface area contributed by atoms with Crippen molar-refractivity contribution >= 4 is 65.6 Å². The quantitative estimate of drug-likeness (QED) is 0.181. The number of hydrogen-bond donors (Lipinski definition) is 0. The van der Waals surface area contributed by atoms with E-state index in [4.69, 9.17) is 4.42 Å². The van der Waals surface area contributed by atoms with Gasteiger partial charge in [-0.25, -0.2) is 0 Å². The van der Waals surface area contributed by atoms with Gasteiger partial charge in [0, 0.05) is 49.1 Å². The summed E-state index contributed by atoms with van der Waals surface area (Å²) in [5.74, 6) is 0. The molecule has 3 heteroatoms. The van der Waals surface area contributed by atoms with Crippen molar-refractivity contribution in [1.29, 1.82) is 0 Å². The molecule has 0 saturated carbocycles. The Morgan fingerprint density at radius 2 is 1.06 bits per heavy atom. The van der Waals surface area contributed by atoms with Crippen molar-refractivity contribution < 1.29 is 4.42 Å². The second-order valence-corrected chi connectivity index (χ2v) is 15.3. The Hall–Kier alpha value is -6.84. The largest absolute Gasteiger partial charge is 0.454 e. The standard InChI is InChI=1S/C51H34N2O/c1-51(2)42-19-11-9-17-35(42)37-25-28-45-47(48(37)51)41-30-32(22-27-44(41)52(45)33-13-5-3-6-14-33)31-21-26-43-40(29-31)38-23-24-39-36-18-10-12-20-46(36)54-50(39)49(38)53(43)34-15-7-4-8-16-34/h3-30H,1-2H3. The Morgan fingerprint density at radius 3 is 1.83 bits per heavy atom. The SMILES string of the molecule is CC1(C)c2ccccc2-c2ccc3c(c21)c1cc(-c2ccc4c(c2)c2ccc5c6ccccc6oc5c2n4-c2ccccc2)ccc1n3-c1ccccc1. The molecule has 12 rings (SSSR count). The first kappa shape index (κ1) is 29.7. The number of rotatable bonds is 3. The van der Waals surface area contributed by atoms with Crippen molar-refractivity contribution in [2.24, 2.45) is 0 Å². The van der Waals surface area contributed by atoms with E-state index in [1.165, 1.54) is 71.6 Å². The maximum atomic E-state index is 6.65. The van der Waals surface area contributed by atoms with Crippen molar-refractivity contribution in [3.05, 3.63) is 181 Å². The number of benzene rings is 8. The summed E-state index contributed by atoms with van der Waals surface area (Å²) in [6.07, 6.45) is 0. The molecule has 54 heavy (non-hydrogen) atoms. The molecule has 1 aliphatic rings. The van der Waals surface area contributed by atoms with Crippen LogP contribution in [0, 0.1) is 0 Å². The van der Waals surface area contributed by atoms with Gasteiger partial charge in [0.05, 0.1) is 22.1 Å². The second kappa shape index (κ2) is 10.6. The highest BCUT2D eigenvalue weighted by atomic mass is 16.3. The van der Waals surface area contributed by atoms with Crippen molar-refractivity contribution in [2.75, 3.05) is 0 Å². The molecule has 0 amide bonds. The van der Waals surface area contributed by atoms with E-state index in [2.05, 4.69) is 187 Å². The van der Waals surface area contributed by atoms with Crippen molar-refractivity contribution in [3.63, 3.8) is 0 Å². The molecule has 254 valence electrons. The summed E-state index contributed by atoms with van der Waals surface area (Å²) in [6.45, 7) is 4.78. The van der Waals surface area contributed by atoms with Crippen molar-refractivity contribution in [3.8, 4) is 33.6 Å². The molecular weight excluding hydrogens is 657 g/mol. The lowest BCUT2D eigenvalue weighted by atomic mass is 9.80. The van der Waals surface area contributed by atoms with Crippen LogP contribution in [0.2, 0.25) is 0 Å². The minimum absolute atomic E-state index is 0.141. The molecular formula is C51H34N2O. The summed E-state index contributed by atoms with van der Waals surface area (Å²) in [7, 11) is 0. The predicted octanol–water partition coefficient (Wildman–Crippen LogP) is 13.8. The summed E-state index contributed by atoms with van der Waals surface area (Å²) in [5, 5.41) is 7.28. The Kier molecular flexibility index (Phi) is 5.84. The third-order valence-electron chi connectivity index (χ3n) is 12.1. The van der Waals surface area contributed by atoms with Gasteiger partial charge in [0.1, 0.15) is 5.58 Å². The second-order valence-electron chi connectivity index (χ2n) is 15.3. The molecule has 8 aromatic carbocycles. The highest BCUT2D eigenvalue weighted by Crippen LogP contribution is 2.53. The average molecular weight is 691 g/mol. The summed E-state index contributed by atoms with van der Waals surface area (Å²) in [5.41, 5.74) is 16.6. The molecule has 0 bridgehead atoms. The maximum absolute atomic E-state index is 6.65. The molecule has 1 aliphatic carbocycles. The topological polar surface area (TPSA) is 23.0 Å². The van der Waals surface area contributed by atoms with Gasteiger partial charge in [-0.15, -0.1) is 0 Å². The third kappa shape index (κ3) is 3.85. The van der Waals surface area contributed by atoms with E-state index in [-0.39, 0.29) is 5.41 Å². The Morgan fingerprint density at radius 1 is 0.444 bits per heavy atom. The normalized spacial score (nSPS) is 13.5. The van der Waals surface area contributed by atoms with E-state index in [1.807, 2.05) is 6.07 Å². The van der Waals surface area contributed by atoms with Gasteiger partial charge < -0.3 is 13.6 Å². The Labute approximate surface area is 311 Å². The Balaban J connectivity index is 1.14. The molecule has 0 N–H and O–H groups in total. The molecule has 0 unspecified atom stereocenters. The van der Waals surface area contributed by atoms with Gasteiger partial charge in [-0.05, 0) is 100 Å². The van der Waals surface area contributed by atoms with Crippen molar-refractivity contribution in [1.82, 2.24) is 9.13 Å². The molecule has 3 nitrogen and oxygen atoms in total. The summed E-state index contributed by atoms with van der Waals surface area (Å²) < 4.78 is 11.5. The highest BCUT2D eigenvalue weighted by Gasteiger charge is 2.38. The lowest BCUT2D eigenvalue weighted by molar-refractivity contribution is 0.666. The van der Waals surface area contributed by atoms with Crippen LogP contribution in [-0.2, 0) is 5.41 Å². The fourth-order valence-corrected chi connectivity index (χ4v) is 9.72. The first-order valence-electron chi connectivity index (χ1n) is 18.8. The number of hydrogen-bond acceptors (Lipinski definition) is 1. The van der Waals surface area contributed by atoms with E-state index in [0.717, 1.165) is 38.7 Å². The molecule has 3 aromatic heterocycles. The zero-order chi connectivity index (χ0) is 35.7. The van der Waals surface area contributed by atoms with Crippen molar-refractivity contribution in [2.45, 2.75) is 19.3 Å². The molecule has 0 saturated heterocycles. The molecule has 0 aliphatic heterocycles. The fourth-order valence-electron chi connectivity index (χ4n) is 9.72. The monoisotopic (exact) mass is 690 g/mol. The molecule has 0 spiro atoms. The maximum Gasteiger partial charge on any atom is 0.160 e. The van der Waals surface area contributed by atoms with Crippen LogP contribution < -0.4 is 0 Å². The minimum Gasteiger partial charge on any atom is -0.454 e. The van der Waals surface area contributed by atoms with Crippen LogP contribution in [0.25, 0.3) is 99.2 Å². The van der Waals surface area contributed by atoms with Crippen LogP contribution in [0.5, 0.6) is 0 Å². The van der Waals surface area contributed by atoms with E-state index in [0.29, 0.717) is 0 Å². The molecule has 0 fully saturated rings. The van der Waals surface area contributed by atoms with Gasteiger partial charge in [0.25, 0.3) is 0 Å². The van der Waals surface area contributed by atoms with E-state index in [9.17, 15) is 0 Å². The number of fused-ring (bicyclic) bond motifs is 14. The van der Waals surface area contributed by atoms with Crippen LogP contribution in [-0.4, -0.2) is 9.13 Å². The molecule has 3 heterocycles. The number of furan rings is 1. The molecule has 11 aromatic rings. The van der Waals surface area contributed by atoms with Crippen LogP contribution in [0.1, 0.15) is 25.0 Å². The minimum atomic E-state index is -0.141. The summed E-state index contributed by atoms with van der Waals surface area (Å²) in [4.78, 5) is 0. The smallest absolute Gasteiger partial charge is 0.160 e. The van der Waals surface area contributed by atoms with Gasteiger partial charge in [0.15, 0.2) is 5.58 Å². The van der Waals surface area contributed by atoms with Gasteiger partial charge >= 0.3 is 0 Å². The number of para-hydroxylation sites is 3. The summed E-state index contributed by atoms with van der Waals surface area (Å²) in [6, 6.07) is 62.0. The Bertz CT molecular complexity index is 3340. The lowest BCUT2D eigenvalue weighted by Gasteiger charge is -2.22. The first-order chi connectivity index (χ1) is 26.6. The number of aromatic nitrogens is 2. The zero-order valence-corrected chi connectivity index (χ0v) is 30.0. The predicted molar refractivity (Wildman–Crippen MR) is 225 cm³/mol.